The number of phenolic OH excluding ortho intramolecular Hbond substituents is 2. The Hall–Kier alpha value is -2.48. The Morgan fingerprint density at radius 1 is 0.815 bits per heavy atom. The number of hydrogen-bond acceptors (Lipinski definition) is 7. The predicted molar refractivity (Wildman–Crippen MR) is 97.0 cm³/mol. The number of ether oxygens (including phenoxy) is 3. The van der Waals surface area contributed by atoms with Crippen LogP contribution in [0.15, 0.2) is 36.4 Å². The number of rotatable bonds is 6. The molecule has 0 aliphatic carbocycles. The van der Waals surface area contributed by atoms with Crippen LogP contribution in [0, 0.1) is 11.8 Å². The van der Waals surface area contributed by atoms with Crippen LogP contribution in [0.5, 0.6) is 23.0 Å². The van der Waals surface area contributed by atoms with E-state index in [0.717, 1.165) is 0 Å². The molecular formula is C20H24O7. The van der Waals surface area contributed by atoms with Crippen molar-refractivity contribution in [3.63, 3.8) is 0 Å². The van der Waals surface area contributed by atoms with Gasteiger partial charge in [0.15, 0.2) is 23.0 Å². The van der Waals surface area contributed by atoms with Crippen LogP contribution >= 0.6 is 0 Å². The molecule has 4 atom stereocenters. The fraction of sp³-hybridized carbons (Fsp3) is 0.400. The van der Waals surface area contributed by atoms with Gasteiger partial charge in [-0.15, -0.1) is 0 Å². The minimum Gasteiger partial charge on any atom is -0.504 e. The summed E-state index contributed by atoms with van der Waals surface area (Å²) in [5, 5.41) is 41.2. The SMILES string of the molecule is COc1cc(C(O)C2COCC2C(O)c2ccc(O)c(OC)c2)ccc1O. The molecular weight excluding hydrogens is 352 g/mol. The second kappa shape index (κ2) is 8.04. The largest absolute Gasteiger partial charge is 0.504 e. The monoisotopic (exact) mass is 376 g/mol. The lowest BCUT2D eigenvalue weighted by molar-refractivity contribution is 0.0302. The van der Waals surface area contributed by atoms with Gasteiger partial charge in [-0.2, -0.15) is 0 Å². The summed E-state index contributed by atoms with van der Waals surface area (Å²) in [4.78, 5) is 0. The number of aliphatic hydroxyl groups excluding tert-OH is 2. The fourth-order valence-corrected chi connectivity index (χ4v) is 3.49. The van der Waals surface area contributed by atoms with Crippen molar-refractivity contribution in [2.45, 2.75) is 12.2 Å². The van der Waals surface area contributed by atoms with Crippen molar-refractivity contribution >= 4 is 0 Å². The normalized spacial score (nSPS) is 21.6. The second-order valence-corrected chi connectivity index (χ2v) is 6.62. The highest BCUT2D eigenvalue weighted by atomic mass is 16.5. The van der Waals surface area contributed by atoms with E-state index in [4.69, 9.17) is 14.2 Å². The smallest absolute Gasteiger partial charge is 0.160 e. The number of methoxy groups -OCH3 is 2. The van der Waals surface area contributed by atoms with E-state index in [9.17, 15) is 20.4 Å². The lowest BCUT2D eigenvalue weighted by atomic mass is 9.81. The van der Waals surface area contributed by atoms with Gasteiger partial charge in [-0.1, -0.05) is 12.1 Å². The molecule has 0 aromatic heterocycles. The van der Waals surface area contributed by atoms with E-state index in [1.807, 2.05) is 0 Å². The molecule has 1 aliphatic rings. The summed E-state index contributed by atoms with van der Waals surface area (Å²) >= 11 is 0. The van der Waals surface area contributed by atoms with Gasteiger partial charge in [-0.05, 0) is 35.4 Å². The van der Waals surface area contributed by atoms with Gasteiger partial charge in [0.05, 0.1) is 39.6 Å². The van der Waals surface area contributed by atoms with Gasteiger partial charge >= 0.3 is 0 Å². The molecule has 1 fully saturated rings. The molecule has 0 amide bonds. The second-order valence-electron chi connectivity index (χ2n) is 6.62. The Morgan fingerprint density at radius 3 is 1.59 bits per heavy atom. The van der Waals surface area contributed by atoms with E-state index in [2.05, 4.69) is 0 Å². The van der Waals surface area contributed by atoms with E-state index in [-0.39, 0.29) is 34.8 Å². The van der Waals surface area contributed by atoms with Gasteiger partial charge < -0.3 is 34.6 Å². The number of aliphatic hydroxyl groups is 2. The van der Waals surface area contributed by atoms with E-state index in [1.165, 1.54) is 26.4 Å². The van der Waals surface area contributed by atoms with Crippen LogP contribution in [-0.4, -0.2) is 47.9 Å². The number of hydrogen-bond donors (Lipinski definition) is 4. The maximum absolute atomic E-state index is 10.8. The lowest BCUT2D eigenvalue weighted by Crippen LogP contribution is -2.26. The van der Waals surface area contributed by atoms with Gasteiger partial charge in [0.2, 0.25) is 0 Å². The van der Waals surface area contributed by atoms with Crippen LogP contribution in [0.3, 0.4) is 0 Å². The highest BCUT2D eigenvalue weighted by molar-refractivity contribution is 5.43. The van der Waals surface area contributed by atoms with Crippen LogP contribution in [0.25, 0.3) is 0 Å². The third-order valence-corrected chi connectivity index (χ3v) is 5.07. The zero-order chi connectivity index (χ0) is 19.6. The van der Waals surface area contributed by atoms with Crippen LogP contribution < -0.4 is 9.47 Å². The van der Waals surface area contributed by atoms with Crippen molar-refractivity contribution in [3.05, 3.63) is 47.5 Å². The third kappa shape index (κ3) is 3.80. The summed E-state index contributed by atoms with van der Waals surface area (Å²) in [5.74, 6) is -0.187. The van der Waals surface area contributed by atoms with Crippen molar-refractivity contribution in [1.82, 2.24) is 0 Å². The molecule has 1 heterocycles. The minimum atomic E-state index is -0.902. The third-order valence-electron chi connectivity index (χ3n) is 5.07. The molecule has 7 nitrogen and oxygen atoms in total. The molecule has 1 saturated heterocycles. The van der Waals surface area contributed by atoms with Crippen molar-refractivity contribution in [1.29, 1.82) is 0 Å². The van der Waals surface area contributed by atoms with Crippen LogP contribution in [0.4, 0.5) is 0 Å². The Bertz CT molecular complexity index is 726. The quantitative estimate of drug-likeness (QED) is 0.612. The predicted octanol–water partition coefficient (Wildman–Crippen LogP) is 2.14. The molecule has 27 heavy (non-hydrogen) atoms. The summed E-state index contributed by atoms with van der Waals surface area (Å²) < 4.78 is 15.7. The lowest BCUT2D eigenvalue weighted by Gasteiger charge is -2.27. The zero-order valence-electron chi connectivity index (χ0n) is 15.2. The molecule has 146 valence electrons. The van der Waals surface area contributed by atoms with E-state index in [0.29, 0.717) is 24.3 Å². The number of benzene rings is 2. The molecule has 4 unspecified atom stereocenters. The summed E-state index contributed by atoms with van der Waals surface area (Å²) in [7, 11) is 2.88. The number of aromatic hydroxyl groups is 2. The average molecular weight is 376 g/mol. The van der Waals surface area contributed by atoms with Crippen molar-refractivity contribution in [2.75, 3.05) is 27.4 Å². The summed E-state index contributed by atoms with van der Waals surface area (Å²) in [5.41, 5.74) is 1.14. The molecule has 2 aromatic carbocycles. The molecule has 3 rings (SSSR count). The summed E-state index contributed by atoms with van der Waals surface area (Å²) in [6, 6.07) is 9.31. The van der Waals surface area contributed by atoms with E-state index < -0.39 is 12.2 Å². The zero-order valence-corrected chi connectivity index (χ0v) is 15.2. The molecule has 4 N–H and O–H groups in total. The van der Waals surface area contributed by atoms with Gasteiger partial charge in [-0.25, -0.2) is 0 Å². The first-order valence-electron chi connectivity index (χ1n) is 8.64. The minimum absolute atomic E-state index is 0.0103. The molecule has 0 bridgehead atoms. The van der Waals surface area contributed by atoms with Crippen molar-refractivity contribution in [3.8, 4) is 23.0 Å². The molecule has 0 saturated carbocycles. The number of phenols is 2. The maximum atomic E-state index is 10.8. The van der Waals surface area contributed by atoms with Crippen molar-refractivity contribution in [2.24, 2.45) is 11.8 Å². The first-order valence-corrected chi connectivity index (χ1v) is 8.64. The first kappa shape index (κ1) is 19.3. The molecule has 1 aliphatic heterocycles. The van der Waals surface area contributed by atoms with E-state index >= 15 is 0 Å². The first-order chi connectivity index (χ1) is 13.0. The van der Waals surface area contributed by atoms with Crippen LogP contribution in [0.1, 0.15) is 23.3 Å². The van der Waals surface area contributed by atoms with E-state index in [1.54, 1.807) is 24.3 Å². The Labute approximate surface area is 157 Å². The fourth-order valence-electron chi connectivity index (χ4n) is 3.49. The standard InChI is InChI=1S/C20H24O7/c1-25-17-7-11(3-5-15(17)21)19(23)13-9-27-10-14(13)20(24)12-4-6-16(22)18(8-12)26-2/h3-8,13-14,19-24H,9-10H2,1-2H3. The van der Waals surface area contributed by atoms with Gasteiger partial charge in [-0.3, -0.25) is 0 Å². The summed E-state index contributed by atoms with van der Waals surface area (Å²) in [6.45, 7) is 0.586. The maximum Gasteiger partial charge on any atom is 0.160 e. The topological polar surface area (TPSA) is 109 Å². The molecule has 7 heteroatoms. The average Bonchev–Trinajstić information content (AvgIpc) is 3.17. The van der Waals surface area contributed by atoms with Gasteiger partial charge in [0, 0.05) is 11.8 Å². The van der Waals surface area contributed by atoms with Gasteiger partial charge in [0.1, 0.15) is 0 Å². The Balaban J connectivity index is 1.84. The summed E-state index contributed by atoms with van der Waals surface area (Å²) in [6.07, 6.45) is -1.80. The highest BCUT2D eigenvalue weighted by Crippen LogP contribution is 2.42. The van der Waals surface area contributed by atoms with Crippen LogP contribution in [0.2, 0.25) is 0 Å². The van der Waals surface area contributed by atoms with Crippen LogP contribution in [-0.2, 0) is 4.74 Å². The Morgan fingerprint density at radius 2 is 1.22 bits per heavy atom. The molecule has 2 aromatic rings. The Kier molecular flexibility index (Phi) is 5.74. The van der Waals surface area contributed by atoms with Gasteiger partial charge in [0.25, 0.3) is 0 Å². The van der Waals surface area contributed by atoms with Crippen molar-refractivity contribution < 1.29 is 34.6 Å². The highest BCUT2D eigenvalue weighted by Gasteiger charge is 2.39. The molecule has 0 radical (unpaired) electrons. The molecule has 0 spiro atoms.